The predicted molar refractivity (Wildman–Crippen MR) is 78.7 cm³/mol. The van der Waals surface area contributed by atoms with E-state index >= 15 is 0 Å². The minimum absolute atomic E-state index is 0.0243. The van der Waals surface area contributed by atoms with Gasteiger partial charge in [0, 0.05) is 10.8 Å². The first kappa shape index (κ1) is 13.7. The third-order valence-corrected chi connectivity index (χ3v) is 3.56. The number of fused-ring (bicyclic) bond motifs is 3. The topological polar surface area (TPSA) is 115 Å². The highest BCUT2D eigenvalue weighted by Crippen LogP contribution is 2.42. The van der Waals surface area contributed by atoms with E-state index in [0.717, 1.165) is 0 Å². The van der Waals surface area contributed by atoms with Crippen molar-refractivity contribution in [1.82, 2.24) is 0 Å². The normalized spacial score (nSPS) is 10.9. The van der Waals surface area contributed by atoms with Crippen molar-refractivity contribution in [2.24, 2.45) is 0 Å². The number of aromatic hydroxyl groups is 2. The number of phenols is 2. The van der Waals surface area contributed by atoms with Crippen molar-refractivity contribution >= 4 is 33.5 Å². The van der Waals surface area contributed by atoms with E-state index in [0.29, 0.717) is 10.8 Å². The Hall–Kier alpha value is -3.28. The number of hydrogen-bond acceptors (Lipinski definition) is 4. The number of carboxylic acids is 2. The standard InChI is InChI=1S/C16H10O6/c17-13-11-5-7(15(19)20)1-3-9(11)10-4-2-8(16(21)22)6-12(10)14(13)18/h1-6,17-18H,(H,19,20)(H,21,22). The van der Waals surface area contributed by atoms with Crippen LogP contribution in [-0.4, -0.2) is 32.4 Å². The van der Waals surface area contributed by atoms with Crippen LogP contribution in [0.1, 0.15) is 20.7 Å². The summed E-state index contributed by atoms with van der Waals surface area (Å²) in [5.74, 6) is -3.26. The Morgan fingerprint density at radius 3 is 1.32 bits per heavy atom. The second-order valence-electron chi connectivity index (χ2n) is 4.83. The van der Waals surface area contributed by atoms with Gasteiger partial charge in [-0.1, -0.05) is 12.1 Å². The molecule has 0 spiro atoms. The highest BCUT2D eigenvalue weighted by Gasteiger charge is 2.16. The third-order valence-electron chi connectivity index (χ3n) is 3.56. The van der Waals surface area contributed by atoms with E-state index in [4.69, 9.17) is 10.2 Å². The second kappa shape index (κ2) is 4.63. The number of hydrogen-bond donors (Lipinski definition) is 4. The summed E-state index contributed by atoms with van der Waals surface area (Å²) in [7, 11) is 0. The van der Waals surface area contributed by atoms with E-state index in [9.17, 15) is 19.8 Å². The number of phenolic OH excluding ortho intramolecular Hbond substituents is 2. The van der Waals surface area contributed by atoms with E-state index in [1.165, 1.54) is 36.4 Å². The second-order valence-corrected chi connectivity index (χ2v) is 4.83. The van der Waals surface area contributed by atoms with Gasteiger partial charge in [-0.05, 0) is 35.0 Å². The number of aromatic carboxylic acids is 2. The van der Waals surface area contributed by atoms with Crippen LogP contribution in [0.2, 0.25) is 0 Å². The summed E-state index contributed by atoms with van der Waals surface area (Å²) in [6, 6.07) is 8.31. The van der Waals surface area contributed by atoms with Crippen LogP contribution in [0.4, 0.5) is 0 Å². The van der Waals surface area contributed by atoms with Gasteiger partial charge in [0.2, 0.25) is 0 Å². The number of benzene rings is 3. The Labute approximate surface area is 123 Å². The first-order valence-electron chi connectivity index (χ1n) is 6.28. The minimum atomic E-state index is -1.15. The average Bonchev–Trinajstić information content (AvgIpc) is 2.51. The fourth-order valence-electron chi connectivity index (χ4n) is 2.47. The van der Waals surface area contributed by atoms with Crippen molar-refractivity contribution in [1.29, 1.82) is 0 Å². The lowest BCUT2D eigenvalue weighted by Gasteiger charge is -2.10. The van der Waals surface area contributed by atoms with Gasteiger partial charge in [0.05, 0.1) is 11.1 Å². The molecule has 0 aliphatic rings. The highest BCUT2D eigenvalue weighted by molar-refractivity contribution is 6.15. The summed E-state index contributed by atoms with van der Waals surface area (Å²) in [6.45, 7) is 0. The molecule has 0 radical (unpaired) electrons. The van der Waals surface area contributed by atoms with Gasteiger partial charge >= 0.3 is 11.9 Å². The van der Waals surface area contributed by atoms with Crippen molar-refractivity contribution < 1.29 is 30.0 Å². The van der Waals surface area contributed by atoms with E-state index in [1.807, 2.05) is 0 Å². The maximum absolute atomic E-state index is 11.0. The molecule has 0 amide bonds. The van der Waals surface area contributed by atoms with Gasteiger partial charge in [0.25, 0.3) is 0 Å². The molecule has 0 aliphatic heterocycles. The molecule has 0 atom stereocenters. The first-order chi connectivity index (χ1) is 10.4. The zero-order valence-corrected chi connectivity index (χ0v) is 11.1. The molecule has 3 rings (SSSR count). The first-order valence-corrected chi connectivity index (χ1v) is 6.28. The Balaban J connectivity index is 2.46. The number of carboxylic acid groups (broad SMARTS) is 2. The fourth-order valence-corrected chi connectivity index (χ4v) is 2.47. The van der Waals surface area contributed by atoms with Crippen LogP contribution in [-0.2, 0) is 0 Å². The Morgan fingerprint density at radius 2 is 1.00 bits per heavy atom. The maximum Gasteiger partial charge on any atom is 0.335 e. The molecular weight excluding hydrogens is 288 g/mol. The Morgan fingerprint density at radius 1 is 0.636 bits per heavy atom. The van der Waals surface area contributed by atoms with Crippen LogP contribution in [0, 0.1) is 0 Å². The van der Waals surface area contributed by atoms with Gasteiger partial charge < -0.3 is 20.4 Å². The molecule has 3 aromatic rings. The lowest BCUT2D eigenvalue weighted by atomic mass is 9.97. The molecule has 4 N–H and O–H groups in total. The molecule has 6 heteroatoms. The van der Waals surface area contributed by atoms with E-state index in [1.54, 1.807) is 0 Å². The number of rotatable bonds is 2. The molecule has 6 nitrogen and oxygen atoms in total. The summed E-state index contributed by atoms with van der Waals surface area (Å²) >= 11 is 0. The number of carbonyl (C=O) groups is 2. The smallest absolute Gasteiger partial charge is 0.335 e. The largest absolute Gasteiger partial charge is 0.504 e. The molecule has 0 heterocycles. The molecule has 22 heavy (non-hydrogen) atoms. The molecule has 0 fully saturated rings. The fraction of sp³-hybridized carbons (Fsp3) is 0. The molecule has 0 aliphatic carbocycles. The van der Waals surface area contributed by atoms with Gasteiger partial charge in [0.15, 0.2) is 11.5 Å². The van der Waals surface area contributed by atoms with Crippen molar-refractivity contribution in [3.05, 3.63) is 47.5 Å². The summed E-state index contributed by atoms with van der Waals surface area (Å²) in [5.41, 5.74) is -0.0487. The maximum atomic E-state index is 11.0. The quantitative estimate of drug-likeness (QED) is 0.427. The Kier molecular flexibility index (Phi) is 2.88. The SMILES string of the molecule is O=C(O)c1ccc2c(c1)c(O)c(O)c1cc(C(=O)O)ccc12. The van der Waals surface area contributed by atoms with E-state index in [-0.39, 0.29) is 21.9 Å². The van der Waals surface area contributed by atoms with Gasteiger partial charge in [-0.25, -0.2) is 9.59 Å². The molecule has 0 saturated carbocycles. The van der Waals surface area contributed by atoms with Crippen molar-refractivity contribution in [3.8, 4) is 11.5 Å². The zero-order chi connectivity index (χ0) is 16.0. The van der Waals surface area contributed by atoms with Gasteiger partial charge in [-0.15, -0.1) is 0 Å². The molecule has 0 unspecified atom stereocenters. The van der Waals surface area contributed by atoms with Crippen molar-refractivity contribution in [2.45, 2.75) is 0 Å². The summed E-state index contributed by atoms with van der Waals surface area (Å²) in [6.07, 6.45) is 0. The predicted octanol–water partition coefficient (Wildman–Crippen LogP) is 2.80. The van der Waals surface area contributed by atoms with Crippen LogP contribution < -0.4 is 0 Å². The van der Waals surface area contributed by atoms with Crippen LogP contribution in [0.15, 0.2) is 36.4 Å². The van der Waals surface area contributed by atoms with Gasteiger partial charge in [-0.3, -0.25) is 0 Å². The minimum Gasteiger partial charge on any atom is -0.504 e. The van der Waals surface area contributed by atoms with Crippen molar-refractivity contribution in [3.63, 3.8) is 0 Å². The summed E-state index contributed by atoms with van der Waals surface area (Å²) in [4.78, 5) is 22.0. The van der Waals surface area contributed by atoms with E-state index < -0.39 is 23.4 Å². The highest BCUT2D eigenvalue weighted by atomic mass is 16.4. The zero-order valence-electron chi connectivity index (χ0n) is 11.1. The third kappa shape index (κ3) is 1.89. The molecule has 110 valence electrons. The lowest BCUT2D eigenvalue weighted by molar-refractivity contribution is 0.0686. The molecular formula is C16H10O6. The van der Waals surface area contributed by atoms with E-state index in [2.05, 4.69) is 0 Å². The van der Waals surface area contributed by atoms with Crippen LogP contribution >= 0.6 is 0 Å². The van der Waals surface area contributed by atoms with Crippen LogP contribution in [0.5, 0.6) is 11.5 Å². The van der Waals surface area contributed by atoms with Crippen LogP contribution in [0.25, 0.3) is 21.5 Å². The lowest BCUT2D eigenvalue weighted by Crippen LogP contribution is -1.97. The summed E-state index contributed by atoms with van der Waals surface area (Å²) in [5, 5.41) is 39.6. The molecule has 3 aromatic carbocycles. The van der Waals surface area contributed by atoms with Gasteiger partial charge in [-0.2, -0.15) is 0 Å². The van der Waals surface area contributed by atoms with Gasteiger partial charge in [0.1, 0.15) is 0 Å². The van der Waals surface area contributed by atoms with Crippen molar-refractivity contribution in [2.75, 3.05) is 0 Å². The molecule has 0 bridgehead atoms. The molecule has 0 saturated heterocycles. The average molecular weight is 298 g/mol. The van der Waals surface area contributed by atoms with Crippen LogP contribution in [0.3, 0.4) is 0 Å². The summed E-state index contributed by atoms with van der Waals surface area (Å²) < 4.78 is 0. The molecule has 0 aromatic heterocycles. The monoisotopic (exact) mass is 298 g/mol. The Bertz CT molecular complexity index is 879.